The van der Waals surface area contributed by atoms with Crippen molar-refractivity contribution >= 4 is 46.2 Å². The molecule has 3 rings (SSSR count). The monoisotopic (exact) mass is 418 g/mol. The van der Waals surface area contributed by atoms with Gasteiger partial charge in [0, 0.05) is 17.2 Å². The van der Waals surface area contributed by atoms with Crippen molar-refractivity contribution in [2.75, 3.05) is 21.3 Å². The van der Waals surface area contributed by atoms with E-state index in [1.165, 1.54) is 11.8 Å². The van der Waals surface area contributed by atoms with Crippen LogP contribution in [0.5, 0.6) is 17.2 Å². The number of methoxy groups -OCH3 is 3. The number of hydrogen-bond donors (Lipinski definition) is 1. The van der Waals surface area contributed by atoms with Crippen LogP contribution in [0.15, 0.2) is 40.2 Å². The number of thioether (sulfide) groups is 1. The van der Waals surface area contributed by atoms with E-state index >= 15 is 0 Å². The normalized spacial score (nSPS) is 16.4. The quantitative estimate of drug-likeness (QED) is 0.720. The van der Waals surface area contributed by atoms with Crippen molar-refractivity contribution in [1.82, 2.24) is 5.32 Å². The summed E-state index contributed by atoms with van der Waals surface area (Å²) in [5.41, 5.74) is 2.27. The van der Waals surface area contributed by atoms with Gasteiger partial charge in [-0.05, 0) is 42.5 Å². The Balaban J connectivity index is 1.94. The lowest BCUT2D eigenvalue weighted by Gasteiger charge is -2.12. The number of hydrogen-bond acceptors (Lipinski definition) is 6. The van der Waals surface area contributed by atoms with Gasteiger partial charge in [-0.15, -0.1) is 0 Å². The van der Waals surface area contributed by atoms with Gasteiger partial charge in [0.15, 0.2) is 5.17 Å². The number of amidine groups is 1. The summed E-state index contributed by atoms with van der Waals surface area (Å²) in [4.78, 5) is 17.3. The summed E-state index contributed by atoms with van der Waals surface area (Å²) in [7, 11) is 4.66. The first-order valence-electron chi connectivity index (χ1n) is 8.31. The maximum absolute atomic E-state index is 12.4. The maximum atomic E-state index is 12.4. The van der Waals surface area contributed by atoms with E-state index in [0.29, 0.717) is 43.6 Å². The van der Waals surface area contributed by atoms with Crippen LogP contribution in [-0.2, 0) is 4.79 Å². The van der Waals surface area contributed by atoms with Crippen LogP contribution >= 0.6 is 23.4 Å². The number of nitrogens with one attached hydrogen (secondary N) is 1. The number of carbonyl (C=O) groups is 1. The first-order chi connectivity index (χ1) is 13.4. The average Bonchev–Trinajstić information content (AvgIpc) is 3.03. The van der Waals surface area contributed by atoms with Crippen LogP contribution in [0.4, 0.5) is 5.69 Å². The Hall–Kier alpha value is -2.64. The minimum atomic E-state index is -0.248. The summed E-state index contributed by atoms with van der Waals surface area (Å²) in [6, 6.07) is 8.95. The molecule has 2 aromatic rings. The molecule has 1 heterocycles. The molecule has 28 heavy (non-hydrogen) atoms. The number of carbonyl (C=O) groups excluding carboxylic acids is 1. The van der Waals surface area contributed by atoms with Gasteiger partial charge in [0.05, 0.1) is 37.5 Å². The van der Waals surface area contributed by atoms with Crippen LogP contribution in [0.2, 0.25) is 5.02 Å². The van der Waals surface area contributed by atoms with Crippen LogP contribution in [-0.4, -0.2) is 32.4 Å². The fourth-order valence-electron chi connectivity index (χ4n) is 2.56. The first-order valence-corrected chi connectivity index (χ1v) is 9.50. The molecule has 1 aliphatic heterocycles. The fourth-order valence-corrected chi connectivity index (χ4v) is 3.55. The van der Waals surface area contributed by atoms with Gasteiger partial charge in [0.1, 0.15) is 17.2 Å². The first kappa shape index (κ1) is 20.1. The Morgan fingerprint density at radius 1 is 1.07 bits per heavy atom. The highest BCUT2D eigenvalue weighted by atomic mass is 35.5. The summed E-state index contributed by atoms with van der Waals surface area (Å²) in [6.45, 7) is 1.92. The highest BCUT2D eigenvalue weighted by Gasteiger charge is 2.25. The lowest BCUT2D eigenvalue weighted by molar-refractivity contribution is -0.115. The van der Waals surface area contributed by atoms with Gasteiger partial charge in [-0.1, -0.05) is 17.7 Å². The molecule has 1 amide bonds. The molecule has 0 spiro atoms. The number of nitrogens with zero attached hydrogens (tertiary/aromatic N) is 1. The minimum Gasteiger partial charge on any atom is -0.496 e. The summed E-state index contributed by atoms with van der Waals surface area (Å²) >= 11 is 7.37. The number of benzene rings is 2. The zero-order valence-electron chi connectivity index (χ0n) is 15.8. The molecule has 1 fully saturated rings. The molecule has 1 N–H and O–H groups in total. The summed E-state index contributed by atoms with van der Waals surface area (Å²) in [5.74, 6) is 1.42. The van der Waals surface area contributed by atoms with Crippen LogP contribution in [0.1, 0.15) is 11.1 Å². The number of aryl methyl sites for hydroxylation is 1. The standard InChI is InChI=1S/C20H19ClN2O4S/c1-11-5-6-12(7-15(11)21)22-20-23-19(24)18(28-20)10-14-16(26-3)8-13(25-2)9-17(14)27-4/h5-10H,1-4H3,(H,22,23,24). The van der Waals surface area contributed by atoms with E-state index in [-0.39, 0.29) is 5.91 Å². The van der Waals surface area contributed by atoms with Gasteiger partial charge in [-0.2, -0.15) is 0 Å². The number of amides is 1. The van der Waals surface area contributed by atoms with Gasteiger partial charge >= 0.3 is 0 Å². The highest BCUT2D eigenvalue weighted by molar-refractivity contribution is 8.18. The minimum absolute atomic E-state index is 0.248. The third kappa shape index (κ3) is 4.26. The Kier molecular flexibility index (Phi) is 6.16. The zero-order valence-corrected chi connectivity index (χ0v) is 17.4. The van der Waals surface area contributed by atoms with Crippen LogP contribution in [0.25, 0.3) is 6.08 Å². The molecule has 1 aliphatic rings. The van der Waals surface area contributed by atoms with Crippen molar-refractivity contribution in [2.24, 2.45) is 4.99 Å². The van der Waals surface area contributed by atoms with E-state index in [2.05, 4.69) is 10.3 Å². The second-order valence-corrected chi connectivity index (χ2v) is 7.30. The zero-order chi connectivity index (χ0) is 20.3. The van der Waals surface area contributed by atoms with Crippen molar-refractivity contribution < 1.29 is 19.0 Å². The van der Waals surface area contributed by atoms with Gasteiger partial charge in [0.2, 0.25) is 0 Å². The molecule has 0 bridgehead atoms. The second kappa shape index (κ2) is 8.58. The van der Waals surface area contributed by atoms with E-state index in [1.54, 1.807) is 45.6 Å². The Bertz CT molecular complexity index is 963. The Labute approximate surface area is 172 Å². The summed E-state index contributed by atoms with van der Waals surface area (Å²) in [5, 5.41) is 3.86. The SMILES string of the molecule is COc1cc(OC)c(C=C2SC(=Nc3ccc(C)c(Cl)c3)NC2=O)c(OC)c1. The van der Waals surface area contributed by atoms with Crippen LogP contribution < -0.4 is 19.5 Å². The van der Waals surface area contributed by atoms with Crippen molar-refractivity contribution in [2.45, 2.75) is 6.92 Å². The molecule has 0 unspecified atom stereocenters. The van der Waals surface area contributed by atoms with Crippen LogP contribution in [0, 0.1) is 6.92 Å². The molecule has 146 valence electrons. The number of aliphatic imine (C=N–C) groups is 1. The summed E-state index contributed by atoms with van der Waals surface area (Å²) < 4.78 is 16.1. The van der Waals surface area contributed by atoms with Gasteiger partial charge in [-0.3, -0.25) is 4.79 Å². The van der Waals surface area contributed by atoms with E-state index in [4.69, 9.17) is 25.8 Å². The maximum Gasteiger partial charge on any atom is 0.264 e. The van der Waals surface area contributed by atoms with Crippen molar-refractivity contribution in [3.63, 3.8) is 0 Å². The van der Waals surface area contributed by atoms with E-state index < -0.39 is 0 Å². The number of ether oxygens (including phenoxy) is 3. The van der Waals surface area contributed by atoms with Crippen molar-refractivity contribution in [3.8, 4) is 17.2 Å². The molecular formula is C20H19ClN2O4S. The molecule has 6 nitrogen and oxygen atoms in total. The fraction of sp³-hybridized carbons (Fsp3) is 0.200. The molecule has 0 aliphatic carbocycles. The Morgan fingerprint density at radius 3 is 2.32 bits per heavy atom. The highest BCUT2D eigenvalue weighted by Crippen LogP contribution is 2.38. The lowest BCUT2D eigenvalue weighted by Crippen LogP contribution is -2.19. The third-order valence-electron chi connectivity index (χ3n) is 4.07. The molecule has 2 aromatic carbocycles. The molecule has 1 saturated heterocycles. The predicted molar refractivity (Wildman–Crippen MR) is 113 cm³/mol. The van der Waals surface area contributed by atoms with Crippen molar-refractivity contribution in [1.29, 1.82) is 0 Å². The molecule has 0 atom stereocenters. The van der Waals surface area contributed by atoms with Gasteiger partial charge in [-0.25, -0.2) is 4.99 Å². The van der Waals surface area contributed by atoms with Gasteiger partial charge < -0.3 is 19.5 Å². The van der Waals surface area contributed by atoms with Crippen LogP contribution in [0.3, 0.4) is 0 Å². The Morgan fingerprint density at radius 2 is 1.75 bits per heavy atom. The second-order valence-electron chi connectivity index (χ2n) is 5.86. The van der Waals surface area contributed by atoms with Gasteiger partial charge in [0.25, 0.3) is 5.91 Å². The van der Waals surface area contributed by atoms with E-state index in [1.807, 2.05) is 19.1 Å². The predicted octanol–water partition coefficient (Wildman–Crippen LogP) is 4.57. The molecule has 0 aromatic heterocycles. The molecule has 0 saturated carbocycles. The topological polar surface area (TPSA) is 69.2 Å². The largest absolute Gasteiger partial charge is 0.496 e. The molecule has 0 radical (unpaired) electrons. The lowest BCUT2D eigenvalue weighted by atomic mass is 10.1. The number of halogens is 1. The number of rotatable bonds is 5. The van der Waals surface area contributed by atoms with E-state index in [9.17, 15) is 4.79 Å². The van der Waals surface area contributed by atoms with Crippen molar-refractivity contribution in [3.05, 3.63) is 51.4 Å². The average molecular weight is 419 g/mol. The summed E-state index contributed by atoms with van der Waals surface area (Å²) in [6.07, 6.45) is 1.71. The van der Waals surface area contributed by atoms with E-state index in [0.717, 1.165) is 5.56 Å². The third-order valence-corrected chi connectivity index (χ3v) is 5.38. The smallest absolute Gasteiger partial charge is 0.264 e. The molecular weight excluding hydrogens is 400 g/mol. The molecule has 8 heteroatoms.